The Morgan fingerprint density at radius 2 is 1.90 bits per heavy atom. The first kappa shape index (κ1) is 20.0. The zero-order chi connectivity index (χ0) is 21.0. The molecule has 1 aliphatic heterocycles. The molecule has 3 aromatic heterocycles. The van der Waals surface area contributed by atoms with Crippen LogP contribution in [0.3, 0.4) is 0 Å². The van der Waals surface area contributed by atoms with Gasteiger partial charge in [-0.15, -0.1) is 0 Å². The second kappa shape index (κ2) is 9.08. The molecule has 0 amide bonds. The van der Waals surface area contributed by atoms with E-state index in [9.17, 15) is 0 Å². The summed E-state index contributed by atoms with van der Waals surface area (Å²) in [6.45, 7) is 3.55. The molecule has 1 aliphatic rings. The topological polar surface area (TPSA) is 52.4 Å². The van der Waals surface area contributed by atoms with Crippen molar-refractivity contribution >= 4 is 22.5 Å². The summed E-state index contributed by atoms with van der Waals surface area (Å²) in [5, 5.41) is 4.39. The lowest BCUT2D eigenvalue weighted by Crippen LogP contribution is -2.34. The number of pyridine rings is 1. The highest BCUT2D eigenvalue weighted by atomic mass is 32.1. The van der Waals surface area contributed by atoms with Gasteiger partial charge in [0.05, 0.1) is 7.11 Å². The summed E-state index contributed by atoms with van der Waals surface area (Å²) in [5.74, 6) is 2.36. The fourth-order valence-electron chi connectivity index (χ4n) is 4.32. The summed E-state index contributed by atoms with van der Waals surface area (Å²) in [6.07, 6.45) is 4.00. The molecular weight excluding hydrogens is 408 g/mol. The van der Waals surface area contributed by atoms with Crippen molar-refractivity contribution < 1.29 is 9.47 Å². The van der Waals surface area contributed by atoms with Gasteiger partial charge in [-0.1, -0.05) is 12.1 Å². The van der Waals surface area contributed by atoms with Gasteiger partial charge < -0.3 is 14.0 Å². The van der Waals surface area contributed by atoms with E-state index in [4.69, 9.17) is 14.5 Å². The Hall–Kier alpha value is -2.90. The van der Waals surface area contributed by atoms with Gasteiger partial charge in [0.15, 0.2) is 17.1 Å². The van der Waals surface area contributed by atoms with E-state index in [-0.39, 0.29) is 0 Å². The Labute approximate surface area is 186 Å². The van der Waals surface area contributed by atoms with Gasteiger partial charge in [0, 0.05) is 31.9 Å². The maximum atomic E-state index is 6.12. The largest absolute Gasteiger partial charge is 0.493 e. The minimum Gasteiger partial charge on any atom is -0.493 e. The standard InChI is InChI=1S/C24H26N4O2S/c1-29-21-6-2-3-7-22(21)30-16-23-26-20-5-4-11-25-24(20)28(23)19-8-12-27(13-9-19)15-18-10-14-31-17-18/h2-7,10-11,14,17,19H,8-9,12-13,15-16H2,1H3. The molecule has 0 radical (unpaired) electrons. The first-order valence-corrected chi connectivity index (χ1v) is 11.6. The molecule has 1 saturated heterocycles. The van der Waals surface area contributed by atoms with E-state index in [1.165, 1.54) is 5.56 Å². The quantitative estimate of drug-likeness (QED) is 0.413. The number of likely N-dealkylation sites (tertiary alicyclic amines) is 1. The monoisotopic (exact) mass is 434 g/mol. The summed E-state index contributed by atoms with van der Waals surface area (Å²) in [5.41, 5.74) is 3.27. The lowest BCUT2D eigenvalue weighted by Gasteiger charge is -2.33. The second-order valence-electron chi connectivity index (χ2n) is 7.82. The van der Waals surface area contributed by atoms with Crippen LogP contribution in [0.4, 0.5) is 0 Å². The first-order chi connectivity index (χ1) is 15.3. The fourth-order valence-corrected chi connectivity index (χ4v) is 4.98. The van der Waals surface area contributed by atoms with Gasteiger partial charge in [0.25, 0.3) is 0 Å². The molecule has 0 aliphatic carbocycles. The molecule has 0 saturated carbocycles. The number of thiophene rings is 1. The number of fused-ring (bicyclic) bond motifs is 1. The van der Waals surface area contributed by atoms with E-state index in [2.05, 4.69) is 31.3 Å². The van der Waals surface area contributed by atoms with Crippen molar-refractivity contribution in [3.8, 4) is 11.5 Å². The smallest absolute Gasteiger partial charge is 0.161 e. The highest BCUT2D eigenvalue weighted by Gasteiger charge is 2.25. The molecule has 0 N–H and O–H groups in total. The molecule has 1 fully saturated rings. The highest BCUT2D eigenvalue weighted by Crippen LogP contribution is 2.31. The molecule has 5 rings (SSSR count). The molecule has 4 aromatic rings. The van der Waals surface area contributed by atoms with Gasteiger partial charge in [-0.3, -0.25) is 4.90 Å². The van der Waals surface area contributed by atoms with Crippen LogP contribution in [0, 0.1) is 0 Å². The Morgan fingerprint density at radius 1 is 1.06 bits per heavy atom. The van der Waals surface area contributed by atoms with E-state index < -0.39 is 0 Å². The Balaban J connectivity index is 1.35. The Morgan fingerprint density at radius 3 is 2.68 bits per heavy atom. The maximum Gasteiger partial charge on any atom is 0.161 e. The number of methoxy groups -OCH3 is 1. The first-order valence-electron chi connectivity index (χ1n) is 10.6. The predicted octanol–water partition coefficient (Wildman–Crippen LogP) is 4.92. The van der Waals surface area contributed by atoms with Gasteiger partial charge in [-0.05, 0) is 59.5 Å². The summed E-state index contributed by atoms with van der Waals surface area (Å²) >= 11 is 1.77. The number of benzene rings is 1. The minimum atomic E-state index is 0.370. The third-order valence-corrected chi connectivity index (χ3v) is 6.59. The van der Waals surface area contributed by atoms with Crippen molar-refractivity contribution in [2.24, 2.45) is 0 Å². The number of nitrogens with zero attached hydrogens (tertiary/aromatic N) is 4. The van der Waals surface area contributed by atoms with Crippen LogP contribution in [0.25, 0.3) is 11.2 Å². The normalized spacial score (nSPS) is 15.4. The predicted molar refractivity (Wildman–Crippen MR) is 123 cm³/mol. The van der Waals surface area contributed by atoms with E-state index in [1.54, 1.807) is 18.4 Å². The minimum absolute atomic E-state index is 0.370. The molecule has 160 valence electrons. The summed E-state index contributed by atoms with van der Waals surface area (Å²) in [7, 11) is 1.66. The second-order valence-corrected chi connectivity index (χ2v) is 8.60. The molecule has 0 unspecified atom stereocenters. The van der Waals surface area contributed by atoms with Gasteiger partial charge >= 0.3 is 0 Å². The molecule has 1 aromatic carbocycles. The number of hydrogen-bond acceptors (Lipinski definition) is 6. The highest BCUT2D eigenvalue weighted by molar-refractivity contribution is 7.07. The Bertz CT molecular complexity index is 1130. The zero-order valence-electron chi connectivity index (χ0n) is 17.6. The van der Waals surface area contributed by atoms with Crippen LogP contribution in [0.15, 0.2) is 59.4 Å². The van der Waals surface area contributed by atoms with Crippen molar-refractivity contribution in [3.05, 3.63) is 70.8 Å². The lowest BCUT2D eigenvalue weighted by atomic mass is 10.0. The van der Waals surface area contributed by atoms with Crippen LogP contribution in [0.1, 0.15) is 30.3 Å². The van der Waals surface area contributed by atoms with Crippen LogP contribution in [-0.2, 0) is 13.2 Å². The Kier molecular flexibility index (Phi) is 5.86. The van der Waals surface area contributed by atoms with Crippen molar-refractivity contribution in [1.29, 1.82) is 0 Å². The maximum absolute atomic E-state index is 6.12. The van der Waals surface area contributed by atoms with Gasteiger partial charge in [-0.2, -0.15) is 11.3 Å². The average molecular weight is 435 g/mol. The molecular formula is C24H26N4O2S. The van der Waals surface area contributed by atoms with Gasteiger partial charge in [0.2, 0.25) is 0 Å². The van der Waals surface area contributed by atoms with Crippen LogP contribution in [-0.4, -0.2) is 39.6 Å². The fraction of sp³-hybridized carbons (Fsp3) is 0.333. The van der Waals surface area contributed by atoms with Gasteiger partial charge in [-0.25, -0.2) is 9.97 Å². The molecule has 4 heterocycles. The molecule has 0 atom stereocenters. The van der Waals surface area contributed by atoms with Crippen molar-refractivity contribution in [3.63, 3.8) is 0 Å². The SMILES string of the molecule is COc1ccccc1OCc1nc2cccnc2n1C1CCN(Cc2ccsc2)CC1. The average Bonchev–Trinajstić information content (AvgIpc) is 3.46. The van der Waals surface area contributed by atoms with Crippen LogP contribution in [0.5, 0.6) is 11.5 Å². The van der Waals surface area contributed by atoms with Crippen LogP contribution in [0.2, 0.25) is 0 Å². The summed E-state index contributed by atoms with van der Waals surface area (Å²) in [4.78, 5) is 12.1. The molecule has 6 nitrogen and oxygen atoms in total. The third kappa shape index (κ3) is 4.29. The number of imidazole rings is 1. The number of para-hydroxylation sites is 2. The van der Waals surface area contributed by atoms with Crippen molar-refractivity contribution in [2.45, 2.75) is 32.0 Å². The van der Waals surface area contributed by atoms with Crippen LogP contribution >= 0.6 is 11.3 Å². The zero-order valence-corrected chi connectivity index (χ0v) is 18.4. The van der Waals surface area contributed by atoms with E-state index in [0.29, 0.717) is 12.6 Å². The van der Waals surface area contributed by atoms with E-state index >= 15 is 0 Å². The number of rotatable bonds is 7. The van der Waals surface area contributed by atoms with E-state index in [1.807, 2.05) is 42.6 Å². The third-order valence-electron chi connectivity index (χ3n) is 5.86. The summed E-state index contributed by atoms with van der Waals surface area (Å²) in [6, 6.07) is 14.3. The summed E-state index contributed by atoms with van der Waals surface area (Å²) < 4.78 is 13.8. The van der Waals surface area contributed by atoms with Gasteiger partial charge in [0.1, 0.15) is 17.9 Å². The van der Waals surface area contributed by atoms with Crippen LogP contribution < -0.4 is 9.47 Å². The number of piperidine rings is 1. The van der Waals surface area contributed by atoms with Crippen molar-refractivity contribution in [1.82, 2.24) is 19.4 Å². The molecule has 7 heteroatoms. The number of hydrogen-bond donors (Lipinski definition) is 0. The van der Waals surface area contributed by atoms with Crippen molar-refractivity contribution in [2.75, 3.05) is 20.2 Å². The number of aromatic nitrogens is 3. The number of ether oxygens (including phenoxy) is 2. The lowest BCUT2D eigenvalue weighted by molar-refractivity contribution is 0.175. The molecule has 0 spiro atoms. The van der Waals surface area contributed by atoms with E-state index in [0.717, 1.165) is 61.0 Å². The molecule has 0 bridgehead atoms. The molecule has 31 heavy (non-hydrogen) atoms.